The summed E-state index contributed by atoms with van der Waals surface area (Å²) in [4.78, 5) is 8.96. The summed E-state index contributed by atoms with van der Waals surface area (Å²) >= 11 is 0. The summed E-state index contributed by atoms with van der Waals surface area (Å²) in [6.07, 6.45) is 13.8. The van der Waals surface area contributed by atoms with Crippen molar-refractivity contribution in [3.05, 3.63) is 34.9 Å². The highest BCUT2D eigenvalue weighted by molar-refractivity contribution is 5.96. The average Bonchev–Trinajstić information content (AvgIpc) is 2.84. The van der Waals surface area contributed by atoms with Gasteiger partial charge in [0.25, 0.3) is 0 Å². The molecule has 3 aliphatic rings. The van der Waals surface area contributed by atoms with Crippen molar-refractivity contribution in [2.24, 2.45) is 4.99 Å². The Hall–Kier alpha value is -1.64. The molecular formula is C15H17N3. The number of hydrogen-bond donors (Lipinski definition) is 0. The van der Waals surface area contributed by atoms with Gasteiger partial charge in [-0.15, -0.1) is 0 Å². The molecule has 3 nitrogen and oxygen atoms in total. The van der Waals surface area contributed by atoms with Crippen LogP contribution < -0.4 is 0 Å². The van der Waals surface area contributed by atoms with Crippen LogP contribution in [0.15, 0.2) is 34.1 Å². The Kier molecular flexibility index (Phi) is 2.25. The Morgan fingerprint density at radius 1 is 1.11 bits per heavy atom. The van der Waals surface area contributed by atoms with Crippen LogP contribution in [-0.2, 0) is 6.54 Å². The van der Waals surface area contributed by atoms with Crippen LogP contribution in [-0.4, -0.2) is 15.8 Å². The van der Waals surface area contributed by atoms with E-state index in [1.54, 1.807) is 11.1 Å². The molecule has 0 unspecified atom stereocenters. The molecule has 2 heterocycles. The van der Waals surface area contributed by atoms with Crippen LogP contribution in [0.25, 0.3) is 5.70 Å². The smallest absolute Gasteiger partial charge is 0.134 e. The lowest BCUT2D eigenvalue weighted by atomic mass is 10.0. The molecule has 92 valence electrons. The number of aromatic nitrogens is 2. The van der Waals surface area contributed by atoms with Crippen molar-refractivity contribution < 1.29 is 0 Å². The molecule has 2 aliphatic carbocycles. The van der Waals surface area contributed by atoms with E-state index >= 15 is 0 Å². The minimum atomic E-state index is 0.711. The van der Waals surface area contributed by atoms with Gasteiger partial charge in [-0.3, -0.25) is 4.99 Å². The Labute approximate surface area is 107 Å². The van der Waals surface area contributed by atoms with Crippen LogP contribution in [0.4, 0.5) is 0 Å². The lowest BCUT2D eigenvalue weighted by molar-refractivity contribution is 0.702. The number of allylic oxidation sites excluding steroid dienone is 4. The quantitative estimate of drug-likeness (QED) is 0.683. The number of imidazole rings is 1. The molecule has 4 rings (SSSR count). The molecule has 0 N–H and O–H groups in total. The first kappa shape index (κ1) is 10.3. The van der Waals surface area contributed by atoms with Gasteiger partial charge in [0.15, 0.2) is 0 Å². The largest absolute Gasteiger partial charge is 0.305 e. The number of hydrogen-bond acceptors (Lipinski definition) is 2. The standard InChI is InChI=1S/C15H17N3/c1-2-4-11-8-14-13(12(11)5-3-1)9-16-10-15-17-6-7-18(14)15/h6-7,9H,1-5,8,10H2. The molecular weight excluding hydrogens is 222 g/mol. The molecule has 0 radical (unpaired) electrons. The second-order valence-corrected chi connectivity index (χ2v) is 5.36. The van der Waals surface area contributed by atoms with Crippen molar-refractivity contribution in [2.75, 3.05) is 0 Å². The van der Waals surface area contributed by atoms with Crippen molar-refractivity contribution in [1.82, 2.24) is 9.55 Å². The van der Waals surface area contributed by atoms with E-state index in [-0.39, 0.29) is 0 Å². The first-order chi connectivity index (χ1) is 8.93. The van der Waals surface area contributed by atoms with Crippen molar-refractivity contribution in [1.29, 1.82) is 0 Å². The van der Waals surface area contributed by atoms with Gasteiger partial charge < -0.3 is 4.57 Å². The van der Waals surface area contributed by atoms with Crippen LogP contribution in [0.5, 0.6) is 0 Å². The fourth-order valence-electron chi connectivity index (χ4n) is 3.42. The normalized spacial score (nSPS) is 22.4. The zero-order valence-electron chi connectivity index (χ0n) is 10.5. The monoisotopic (exact) mass is 239 g/mol. The number of nitrogens with zero attached hydrogens (tertiary/aromatic N) is 3. The SMILES string of the molecule is C1=NCc2nccn2C2=C1C1=C(CCCCC1)C2. The van der Waals surface area contributed by atoms with Crippen molar-refractivity contribution in [3.63, 3.8) is 0 Å². The van der Waals surface area contributed by atoms with Crippen LogP contribution in [0.1, 0.15) is 44.3 Å². The average molecular weight is 239 g/mol. The lowest BCUT2D eigenvalue weighted by Gasteiger charge is -2.09. The Balaban J connectivity index is 1.84. The highest BCUT2D eigenvalue weighted by atomic mass is 15.1. The Bertz CT molecular complexity index is 587. The molecule has 0 bridgehead atoms. The molecule has 0 aromatic carbocycles. The van der Waals surface area contributed by atoms with Crippen LogP contribution in [0.3, 0.4) is 0 Å². The molecule has 0 saturated heterocycles. The fourth-order valence-corrected chi connectivity index (χ4v) is 3.42. The summed E-state index contributed by atoms with van der Waals surface area (Å²) in [5.74, 6) is 1.08. The number of rotatable bonds is 0. The maximum atomic E-state index is 4.55. The lowest BCUT2D eigenvalue weighted by Crippen LogP contribution is -2.00. The predicted octanol–water partition coefficient (Wildman–Crippen LogP) is 3.34. The minimum absolute atomic E-state index is 0.711. The van der Waals surface area contributed by atoms with E-state index in [1.165, 1.54) is 43.4 Å². The van der Waals surface area contributed by atoms with E-state index in [0.29, 0.717) is 6.54 Å². The van der Waals surface area contributed by atoms with E-state index in [9.17, 15) is 0 Å². The summed E-state index contributed by atoms with van der Waals surface area (Å²) in [5, 5.41) is 0. The first-order valence-corrected chi connectivity index (χ1v) is 6.90. The number of fused-ring (bicyclic) bond motifs is 3. The van der Waals surface area contributed by atoms with Crippen molar-refractivity contribution in [2.45, 2.75) is 45.1 Å². The first-order valence-electron chi connectivity index (χ1n) is 6.90. The highest BCUT2D eigenvalue weighted by Crippen LogP contribution is 2.42. The van der Waals surface area contributed by atoms with E-state index in [2.05, 4.69) is 27.0 Å². The zero-order chi connectivity index (χ0) is 11.9. The third-order valence-corrected chi connectivity index (χ3v) is 4.31. The van der Waals surface area contributed by atoms with Gasteiger partial charge in [0.1, 0.15) is 5.82 Å². The van der Waals surface area contributed by atoms with Gasteiger partial charge >= 0.3 is 0 Å². The molecule has 0 amide bonds. The Morgan fingerprint density at radius 2 is 2.06 bits per heavy atom. The Morgan fingerprint density at radius 3 is 3.06 bits per heavy atom. The maximum Gasteiger partial charge on any atom is 0.134 e. The molecule has 18 heavy (non-hydrogen) atoms. The van der Waals surface area contributed by atoms with E-state index in [0.717, 1.165) is 12.2 Å². The molecule has 1 aliphatic heterocycles. The van der Waals surface area contributed by atoms with Crippen molar-refractivity contribution >= 4 is 11.9 Å². The van der Waals surface area contributed by atoms with E-state index in [4.69, 9.17) is 0 Å². The molecule has 0 fully saturated rings. The molecule has 0 saturated carbocycles. The van der Waals surface area contributed by atoms with Gasteiger partial charge in [0.2, 0.25) is 0 Å². The number of aliphatic imine (C=N–C) groups is 1. The second-order valence-electron chi connectivity index (χ2n) is 5.36. The molecule has 0 atom stereocenters. The van der Waals surface area contributed by atoms with E-state index in [1.807, 2.05) is 6.20 Å². The van der Waals surface area contributed by atoms with E-state index < -0.39 is 0 Å². The molecule has 1 aromatic heterocycles. The predicted molar refractivity (Wildman–Crippen MR) is 72.4 cm³/mol. The molecule has 0 spiro atoms. The van der Waals surface area contributed by atoms with Gasteiger partial charge in [-0.05, 0) is 31.3 Å². The highest BCUT2D eigenvalue weighted by Gasteiger charge is 2.27. The zero-order valence-corrected chi connectivity index (χ0v) is 10.5. The maximum absolute atomic E-state index is 4.55. The van der Waals surface area contributed by atoms with Crippen molar-refractivity contribution in [3.8, 4) is 0 Å². The topological polar surface area (TPSA) is 30.2 Å². The summed E-state index contributed by atoms with van der Waals surface area (Å²) in [7, 11) is 0. The third-order valence-electron chi connectivity index (χ3n) is 4.31. The summed E-state index contributed by atoms with van der Waals surface area (Å²) in [6, 6.07) is 0. The minimum Gasteiger partial charge on any atom is -0.305 e. The summed E-state index contributed by atoms with van der Waals surface area (Å²) in [6.45, 7) is 0.711. The van der Waals surface area contributed by atoms with Crippen LogP contribution in [0.2, 0.25) is 0 Å². The molecule has 1 aromatic rings. The second kappa shape index (κ2) is 3.94. The molecule has 3 heteroatoms. The van der Waals surface area contributed by atoms with Crippen LogP contribution >= 0.6 is 0 Å². The van der Waals surface area contributed by atoms with Gasteiger partial charge in [0.05, 0.1) is 6.54 Å². The van der Waals surface area contributed by atoms with Crippen LogP contribution in [0, 0.1) is 0 Å². The van der Waals surface area contributed by atoms with Gasteiger partial charge in [-0.2, -0.15) is 0 Å². The van der Waals surface area contributed by atoms with Gasteiger partial charge in [-0.25, -0.2) is 4.98 Å². The van der Waals surface area contributed by atoms with Gasteiger partial charge in [-0.1, -0.05) is 12.0 Å². The fraction of sp³-hybridized carbons (Fsp3) is 0.467. The summed E-state index contributed by atoms with van der Waals surface area (Å²) < 4.78 is 2.26. The third kappa shape index (κ3) is 1.43. The van der Waals surface area contributed by atoms with Gasteiger partial charge in [0, 0.05) is 36.3 Å². The summed E-state index contributed by atoms with van der Waals surface area (Å²) in [5.41, 5.74) is 6.05.